The normalized spacial score (nSPS) is 21.9. The molecule has 2 saturated heterocycles. The molecule has 0 aliphatic carbocycles. The number of hydrogen-bond donors (Lipinski definition) is 2. The van der Waals surface area contributed by atoms with Crippen LogP contribution < -0.4 is 10.6 Å². The van der Waals surface area contributed by atoms with E-state index in [4.69, 9.17) is 4.74 Å². The number of carbonyl (C=O) groups is 2. The maximum Gasteiger partial charge on any atom is 0.328 e. The van der Waals surface area contributed by atoms with Crippen LogP contribution in [0.4, 0.5) is 11.4 Å². The summed E-state index contributed by atoms with van der Waals surface area (Å²) in [5, 5.41) is 6.11. The van der Waals surface area contributed by atoms with E-state index in [1.807, 2.05) is 24.3 Å². The van der Waals surface area contributed by atoms with Gasteiger partial charge in [0, 0.05) is 17.8 Å². The van der Waals surface area contributed by atoms with Gasteiger partial charge in [-0.25, -0.2) is 4.79 Å². The first kappa shape index (κ1) is 17.7. The summed E-state index contributed by atoms with van der Waals surface area (Å²) in [6.45, 7) is 2.94. The highest BCUT2D eigenvalue weighted by molar-refractivity contribution is 5.92. The van der Waals surface area contributed by atoms with Crippen molar-refractivity contribution in [1.29, 1.82) is 0 Å². The van der Waals surface area contributed by atoms with E-state index in [9.17, 15) is 9.59 Å². The van der Waals surface area contributed by atoms with Gasteiger partial charge in [-0.05, 0) is 50.2 Å². The third-order valence-electron chi connectivity index (χ3n) is 4.76. The third-order valence-corrected chi connectivity index (χ3v) is 4.76. The van der Waals surface area contributed by atoms with Crippen LogP contribution in [0.15, 0.2) is 24.3 Å². The highest BCUT2D eigenvalue weighted by Crippen LogP contribution is 2.18. The zero-order chi connectivity index (χ0) is 17.5. The van der Waals surface area contributed by atoms with Gasteiger partial charge in [-0.1, -0.05) is 19.3 Å². The molecule has 0 radical (unpaired) electrons. The van der Waals surface area contributed by atoms with Crippen LogP contribution in [-0.4, -0.2) is 49.1 Å². The first-order chi connectivity index (χ1) is 12.2. The standard InChI is InChI=1S/C19H27N3O3/c23-18(14-22-11-4-2-1-3-5-12-22)21-16-8-6-15(7-9-16)20-17-10-13-25-19(17)24/h6-9,17,20H,1-5,10-14H2,(H,21,23)/t17-/m1/s1. The Bertz CT molecular complexity index is 580. The van der Waals surface area contributed by atoms with E-state index in [0.29, 0.717) is 19.6 Å². The van der Waals surface area contributed by atoms with E-state index in [2.05, 4.69) is 15.5 Å². The number of cyclic esters (lactones) is 1. The first-order valence-corrected chi connectivity index (χ1v) is 9.26. The average molecular weight is 345 g/mol. The number of ether oxygens (including phenoxy) is 1. The lowest BCUT2D eigenvalue weighted by molar-refractivity contribution is -0.138. The van der Waals surface area contributed by atoms with Crippen LogP contribution >= 0.6 is 0 Å². The second-order valence-corrected chi connectivity index (χ2v) is 6.82. The molecule has 2 aliphatic rings. The summed E-state index contributed by atoms with van der Waals surface area (Å²) < 4.78 is 4.94. The highest BCUT2D eigenvalue weighted by atomic mass is 16.5. The molecule has 1 amide bonds. The van der Waals surface area contributed by atoms with Gasteiger partial charge in [-0.15, -0.1) is 0 Å². The molecule has 2 aliphatic heterocycles. The predicted molar refractivity (Wildman–Crippen MR) is 97.6 cm³/mol. The molecule has 0 bridgehead atoms. The fraction of sp³-hybridized carbons (Fsp3) is 0.579. The molecule has 6 nitrogen and oxygen atoms in total. The Balaban J connectivity index is 1.47. The number of rotatable bonds is 5. The van der Waals surface area contributed by atoms with E-state index in [1.54, 1.807) is 0 Å². The molecule has 1 aromatic rings. The van der Waals surface area contributed by atoms with Crippen molar-refractivity contribution in [3.8, 4) is 0 Å². The van der Waals surface area contributed by atoms with E-state index in [-0.39, 0.29) is 17.9 Å². The molecule has 136 valence electrons. The third kappa shape index (κ3) is 5.46. The van der Waals surface area contributed by atoms with Crippen molar-refractivity contribution in [2.75, 3.05) is 36.9 Å². The molecular formula is C19H27N3O3. The largest absolute Gasteiger partial charge is 0.464 e. The summed E-state index contributed by atoms with van der Waals surface area (Å²) >= 11 is 0. The quantitative estimate of drug-likeness (QED) is 0.803. The van der Waals surface area contributed by atoms with Crippen molar-refractivity contribution in [2.45, 2.75) is 44.6 Å². The van der Waals surface area contributed by atoms with Crippen LogP contribution in [0.1, 0.15) is 38.5 Å². The Labute approximate surface area is 148 Å². The fourth-order valence-corrected chi connectivity index (χ4v) is 3.35. The number of benzene rings is 1. The number of anilines is 2. The maximum absolute atomic E-state index is 12.3. The molecule has 2 N–H and O–H groups in total. The molecule has 1 atom stereocenters. The molecule has 2 heterocycles. The van der Waals surface area contributed by atoms with Crippen LogP contribution in [0.2, 0.25) is 0 Å². The first-order valence-electron chi connectivity index (χ1n) is 9.26. The van der Waals surface area contributed by atoms with Gasteiger partial charge in [0.15, 0.2) is 0 Å². The average Bonchev–Trinajstić information content (AvgIpc) is 2.97. The van der Waals surface area contributed by atoms with Gasteiger partial charge >= 0.3 is 5.97 Å². The number of nitrogens with one attached hydrogen (secondary N) is 2. The van der Waals surface area contributed by atoms with Crippen molar-refractivity contribution in [1.82, 2.24) is 4.90 Å². The lowest BCUT2D eigenvalue weighted by Crippen LogP contribution is -2.35. The lowest BCUT2D eigenvalue weighted by Gasteiger charge is -2.23. The molecule has 0 spiro atoms. The molecule has 0 aromatic heterocycles. The topological polar surface area (TPSA) is 70.7 Å². The van der Waals surface area contributed by atoms with E-state index in [0.717, 1.165) is 24.5 Å². The Morgan fingerprint density at radius 1 is 1.04 bits per heavy atom. The van der Waals surface area contributed by atoms with Crippen LogP contribution in [0.5, 0.6) is 0 Å². The monoisotopic (exact) mass is 345 g/mol. The van der Waals surface area contributed by atoms with Gasteiger partial charge in [0.25, 0.3) is 0 Å². The molecule has 6 heteroatoms. The highest BCUT2D eigenvalue weighted by Gasteiger charge is 2.26. The van der Waals surface area contributed by atoms with Crippen LogP contribution in [0.25, 0.3) is 0 Å². The zero-order valence-corrected chi connectivity index (χ0v) is 14.6. The minimum atomic E-state index is -0.271. The minimum absolute atomic E-state index is 0.0284. The van der Waals surface area contributed by atoms with Gasteiger partial charge in [0.2, 0.25) is 5.91 Å². The number of carbonyl (C=O) groups excluding carboxylic acids is 2. The summed E-state index contributed by atoms with van der Waals surface area (Å²) in [6, 6.07) is 7.18. The second-order valence-electron chi connectivity index (χ2n) is 6.82. The molecule has 1 aromatic carbocycles. The van der Waals surface area contributed by atoms with Crippen molar-refractivity contribution in [3.05, 3.63) is 24.3 Å². The van der Waals surface area contributed by atoms with E-state index < -0.39 is 0 Å². The molecule has 0 saturated carbocycles. The SMILES string of the molecule is O=C(CN1CCCCCCC1)Nc1ccc(N[C@@H]2CCOC2=O)cc1. The van der Waals surface area contributed by atoms with Crippen molar-refractivity contribution in [3.63, 3.8) is 0 Å². The number of hydrogen-bond acceptors (Lipinski definition) is 5. The Morgan fingerprint density at radius 2 is 1.68 bits per heavy atom. The van der Waals surface area contributed by atoms with Gasteiger partial charge in [-0.3, -0.25) is 9.69 Å². The summed E-state index contributed by atoms with van der Waals surface area (Å²) in [4.78, 5) is 26.0. The fourth-order valence-electron chi connectivity index (χ4n) is 3.35. The minimum Gasteiger partial charge on any atom is -0.464 e. The summed E-state index contributed by atoms with van der Waals surface area (Å²) in [5.41, 5.74) is 1.63. The van der Waals surface area contributed by atoms with Crippen LogP contribution in [-0.2, 0) is 14.3 Å². The van der Waals surface area contributed by atoms with Gasteiger partial charge in [0.1, 0.15) is 6.04 Å². The van der Waals surface area contributed by atoms with E-state index in [1.165, 1.54) is 32.1 Å². The Hall–Kier alpha value is -2.08. The van der Waals surface area contributed by atoms with Crippen molar-refractivity contribution < 1.29 is 14.3 Å². The second kappa shape index (κ2) is 8.85. The lowest BCUT2D eigenvalue weighted by atomic mass is 10.1. The summed E-state index contributed by atoms with van der Waals surface area (Å²) in [5.74, 6) is -0.175. The number of amides is 1. The maximum atomic E-state index is 12.3. The van der Waals surface area contributed by atoms with Crippen molar-refractivity contribution in [2.24, 2.45) is 0 Å². The summed E-state index contributed by atoms with van der Waals surface area (Å²) in [6.07, 6.45) is 6.89. The summed E-state index contributed by atoms with van der Waals surface area (Å²) in [7, 11) is 0. The number of nitrogens with zero attached hydrogens (tertiary/aromatic N) is 1. The molecule has 2 fully saturated rings. The van der Waals surface area contributed by atoms with Gasteiger partial charge in [-0.2, -0.15) is 0 Å². The predicted octanol–water partition coefficient (Wildman–Crippen LogP) is 2.62. The molecule has 3 rings (SSSR count). The number of likely N-dealkylation sites (tertiary alicyclic amines) is 1. The molecular weight excluding hydrogens is 318 g/mol. The molecule has 0 unspecified atom stereocenters. The van der Waals surface area contributed by atoms with Crippen LogP contribution in [0, 0.1) is 0 Å². The zero-order valence-electron chi connectivity index (χ0n) is 14.6. The van der Waals surface area contributed by atoms with Crippen LogP contribution in [0.3, 0.4) is 0 Å². The van der Waals surface area contributed by atoms with Gasteiger partial charge < -0.3 is 15.4 Å². The van der Waals surface area contributed by atoms with Crippen molar-refractivity contribution >= 4 is 23.3 Å². The van der Waals surface area contributed by atoms with E-state index >= 15 is 0 Å². The Kier molecular flexibility index (Phi) is 6.28. The number of esters is 1. The Morgan fingerprint density at radius 3 is 2.32 bits per heavy atom. The smallest absolute Gasteiger partial charge is 0.328 e. The van der Waals surface area contributed by atoms with Gasteiger partial charge in [0.05, 0.1) is 13.2 Å². The molecule has 25 heavy (non-hydrogen) atoms.